The fourth-order valence-corrected chi connectivity index (χ4v) is 8.37. The zero-order valence-corrected chi connectivity index (χ0v) is 23.9. The van der Waals surface area contributed by atoms with Crippen LogP contribution in [0.2, 0.25) is 0 Å². The normalized spacial score (nSPS) is 28.0. The Hall–Kier alpha value is -3.99. The number of ether oxygens (including phenoxy) is 4. The van der Waals surface area contributed by atoms with Crippen molar-refractivity contribution in [3.63, 3.8) is 0 Å². The second-order valence-corrected chi connectivity index (χ2v) is 12.9. The van der Waals surface area contributed by atoms with Gasteiger partial charge in [-0.1, -0.05) is 6.07 Å². The summed E-state index contributed by atoms with van der Waals surface area (Å²) in [6, 6.07) is 9.98. The van der Waals surface area contributed by atoms with Crippen molar-refractivity contribution in [2.24, 2.45) is 23.2 Å². The Labute approximate surface area is 246 Å². The number of amides is 3. The molecule has 2 aliphatic heterocycles. The average Bonchev–Trinajstić information content (AvgIpc) is 3.52. The number of methoxy groups -OCH3 is 1. The first-order chi connectivity index (χ1) is 20.3. The number of nitrogens with one attached hydrogen (secondary N) is 1. The maximum absolute atomic E-state index is 13.4. The van der Waals surface area contributed by atoms with Crippen LogP contribution in [-0.4, -0.2) is 48.4 Å². The molecule has 0 atom stereocenters. The minimum absolute atomic E-state index is 0.109. The molecule has 0 spiro atoms. The van der Waals surface area contributed by atoms with E-state index in [1.807, 2.05) is 0 Å². The standard InChI is InChI=1S/C31H30N2O8S/c1-38-24-9-17(2-4-23(24)41-29(36)31-12-18-6-19(13-31)8-20(7-18)14-31)10-26-28(35)33(30(37)42-26)15-27(34)32-21-3-5-22-25(11-21)40-16-39-22/h2-5,9-11,18-20H,6-8,12-16H2,1H3,(H,32,34)/b26-10-. The van der Waals surface area contributed by atoms with Crippen molar-refractivity contribution >= 4 is 46.5 Å². The van der Waals surface area contributed by atoms with Crippen molar-refractivity contribution < 1.29 is 38.1 Å². The average molecular weight is 591 g/mol. The number of carbonyl (C=O) groups excluding carboxylic acids is 4. The van der Waals surface area contributed by atoms with Gasteiger partial charge in [0.1, 0.15) is 6.54 Å². The number of esters is 1. The first kappa shape index (κ1) is 26.9. The van der Waals surface area contributed by atoms with E-state index < -0.39 is 29.0 Å². The summed E-state index contributed by atoms with van der Waals surface area (Å²) in [5, 5.41) is 2.13. The van der Waals surface area contributed by atoms with Gasteiger partial charge in [-0.15, -0.1) is 0 Å². The molecule has 6 aliphatic rings. The lowest BCUT2D eigenvalue weighted by Crippen LogP contribution is -2.51. The number of nitrogens with zero attached hydrogens (tertiary/aromatic N) is 1. The molecule has 1 saturated heterocycles. The van der Waals surface area contributed by atoms with Gasteiger partial charge in [0, 0.05) is 11.8 Å². The summed E-state index contributed by atoms with van der Waals surface area (Å²) in [6.45, 7) is -0.323. The Balaban J connectivity index is 1.02. The Kier molecular flexibility index (Phi) is 6.64. The van der Waals surface area contributed by atoms with Gasteiger partial charge in [-0.25, -0.2) is 0 Å². The van der Waals surface area contributed by atoms with Crippen LogP contribution in [0.25, 0.3) is 6.08 Å². The van der Waals surface area contributed by atoms with Crippen LogP contribution in [0.5, 0.6) is 23.0 Å². The second-order valence-electron chi connectivity index (χ2n) is 11.9. The fourth-order valence-electron chi connectivity index (χ4n) is 7.53. The molecule has 8 rings (SSSR count). The van der Waals surface area contributed by atoms with Crippen molar-refractivity contribution in [3.8, 4) is 23.0 Å². The van der Waals surface area contributed by atoms with Gasteiger partial charge in [-0.05, 0) is 104 Å². The van der Waals surface area contributed by atoms with Crippen LogP contribution < -0.4 is 24.3 Å². The number of hydrogen-bond donors (Lipinski definition) is 1. The predicted molar refractivity (Wildman–Crippen MR) is 153 cm³/mol. The minimum Gasteiger partial charge on any atom is -0.493 e. The highest BCUT2D eigenvalue weighted by Gasteiger charge is 2.55. The lowest BCUT2D eigenvalue weighted by molar-refractivity contribution is -0.161. The van der Waals surface area contributed by atoms with Crippen molar-refractivity contribution in [1.82, 2.24) is 4.90 Å². The number of fused-ring (bicyclic) bond motifs is 1. The van der Waals surface area contributed by atoms with E-state index in [4.69, 9.17) is 18.9 Å². The molecule has 4 aliphatic carbocycles. The molecule has 11 heteroatoms. The molecule has 4 saturated carbocycles. The third-order valence-corrected chi connectivity index (χ3v) is 9.90. The summed E-state index contributed by atoms with van der Waals surface area (Å²) < 4.78 is 22.1. The zero-order valence-electron chi connectivity index (χ0n) is 23.1. The van der Waals surface area contributed by atoms with Gasteiger partial charge in [0.15, 0.2) is 23.0 Å². The summed E-state index contributed by atoms with van der Waals surface area (Å²) in [7, 11) is 1.49. The molecule has 10 nitrogen and oxygen atoms in total. The van der Waals surface area contributed by atoms with Crippen molar-refractivity contribution in [2.45, 2.75) is 38.5 Å². The molecule has 3 amide bonds. The maximum Gasteiger partial charge on any atom is 0.317 e. The first-order valence-corrected chi connectivity index (χ1v) is 15.0. The van der Waals surface area contributed by atoms with Gasteiger partial charge in [0.2, 0.25) is 12.7 Å². The first-order valence-electron chi connectivity index (χ1n) is 14.1. The SMILES string of the molecule is COc1cc(/C=C2\SC(=O)N(CC(=O)Nc3ccc4c(c3)OCO4)C2=O)ccc1OC(=O)C12CC3CC(CC(C3)C1)C2. The molecule has 5 fully saturated rings. The number of thioether (sulfide) groups is 1. The third-order valence-electron chi connectivity index (χ3n) is 8.99. The third kappa shape index (κ3) is 4.89. The number of imide groups is 1. The Morgan fingerprint density at radius 2 is 1.71 bits per heavy atom. The Bertz CT molecular complexity index is 1500. The van der Waals surface area contributed by atoms with E-state index >= 15 is 0 Å². The van der Waals surface area contributed by atoms with Crippen LogP contribution in [0.15, 0.2) is 41.3 Å². The summed E-state index contributed by atoms with van der Waals surface area (Å²) in [4.78, 5) is 52.8. The van der Waals surface area contributed by atoms with E-state index in [0.717, 1.165) is 35.9 Å². The topological polar surface area (TPSA) is 120 Å². The number of carbonyl (C=O) groups is 4. The highest BCUT2D eigenvalue weighted by atomic mass is 32.2. The van der Waals surface area contributed by atoms with Crippen molar-refractivity contribution in [3.05, 3.63) is 46.9 Å². The molecule has 2 aromatic carbocycles. The highest BCUT2D eigenvalue weighted by molar-refractivity contribution is 8.18. The largest absolute Gasteiger partial charge is 0.493 e. The highest BCUT2D eigenvalue weighted by Crippen LogP contribution is 2.60. The number of rotatable bonds is 7. The monoisotopic (exact) mass is 590 g/mol. The molecule has 2 aromatic rings. The molecule has 0 unspecified atom stereocenters. The predicted octanol–water partition coefficient (Wildman–Crippen LogP) is 5.22. The summed E-state index contributed by atoms with van der Waals surface area (Å²) in [5.41, 5.74) is 0.659. The minimum atomic E-state index is -0.567. The van der Waals surface area contributed by atoms with E-state index in [2.05, 4.69) is 5.32 Å². The molecule has 218 valence electrons. The lowest BCUT2D eigenvalue weighted by Gasteiger charge is -2.55. The molecule has 1 N–H and O–H groups in total. The van der Waals surface area contributed by atoms with E-state index in [1.54, 1.807) is 42.5 Å². The Morgan fingerprint density at radius 3 is 2.43 bits per heavy atom. The van der Waals surface area contributed by atoms with Crippen LogP contribution >= 0.6 is 11.8 Å². The molecule has 0 radical (unpaired) electrons. The van der Waals surface area contributed by atoms with E-state index in [-0.39, 0.29) is 17.7 Å². The molecular weight excluding hydrogens is 560 g/mol. The summed E-state index contributed by atoms with van der Waals surface area (Å²) in [5.74, 6) is 2.39. The molecule has 2 heterocycles. The van der Waals surface area contributed by atoms with Crippen LogP contribution in [0, 0.1) is 23.2 Å². The molecular formula is C31H30N2O8S. The summed E-state index contributed by atoms with van der Waals surface area (Å²) in [6.07, 6.45) is 7.99. The van der Waals surface area contributed by atoms with E-state index in [0.29, 0.717) is 52.0 Å². The number of anilines is 1. The zero-order chi connectivity index (χ0) is 29.0. The van der Waals surface area contributed by atoms with E-state index in [1.165, 1.54) is 26.4 Å². The quantitative estimate of drug-likeness (QED) is 0.263. The fraction of sp³-hybridized carbons (Fsp3) is 0.419. The summed E-state index contributed by atoms with van der Waals surface area (Å²) >= 11 is 0.757. The Morgan fingerprint density at radius 1 is 1.00 bits per heavy atom. The molecule has 4 bridgehead atoms. The number of benzene rings is 2. The van der Waals surface area contributed by atoms with Crippen LogP contribution in [0.1, 0.15) is 44.1 Å². The van der Waals surface area contributed by atoms with E-state index in [9.17, 15) is 19.2 Å². The van der Waals surface area contributed by atoms with Gasteiger partial charge < -0.3 is 24.3 Å². The van der Waals surface area contributed by atoms with Crippen LogP contribution in [0.4, 0.5) is 10.5 Å². The number of hydrogen-bond acceptors (Lipinski definition) is 9. The van der Waals surface area contributed by atoms with Gasteiger partial charge in [0.25, 0.3) is 11.1 Å². The van der Waals surface area contributed by atoms with Gasteiger partial charge >= 0.3 is 5.97 Å². The molecule has 42 heavy (non-hydrogen) atoms. The van der Waals surface area contributed by atoms with Gasteiger partial charge in [-0.3, -0.25) is 24.1 Å². The van der Waals surface area contributed by atoms with Gasteiger partial charge in [0.05, 0.1) is 17.4 Å². The van der Waals surface area contributed by atoms with Crippen LogP contribution in [0.3, 0.4) is 0 Å². The van der Waals surface area contributed by atoms with Gasteiger partial charge in [-0.2, -0.15) is 0 Å². The van der Waals surface area contributed by atoms with Crippen molar-refractivity contribution in [1.29, 1.82) is 0 Å². The lowest BCUT2D eigenvalue weighted by atomic mass is 9.49. The van der Waals surface area contributed by atoms with Crippen LogP contribution in [-0.2, 0) is 14.4 Å². The van der Waals surface area contributed by atoms with Crippen molar-refractivity contribution in [2.75, 3.05) is 25.8 Å². The second kappa shape index (κ2) is 10.4. The smallest absolute Gasteiger partial charge is 0.317 e. The molecule has 0 aromatic heterocycles. The maximum atomic E-state index is 13.4.